The van der Waals surface area contributed by atoms with Gasteiger partial charge in [-0.3, -0.25) is 10.1 Å². The molecule has 0 saturated heterocycles. The molecule has 80 valence electrons. The number of nitro benzene ring substituents is 1. The number of allylic oxidation sites excluding steroid dienone is 1. The molecule has 0 radical (unpaired) electrons. The Balaban J connectivity index is 2.76. The minimum Gasteiger partial charge on any atom is -0.258 e. The van der Waals surface area contributed by atoms with Crippen LogP contribution in [0.3, 0.4) is 0 Å². The minimum atomic E-state index is -0.342. The van der Waals surface area contributed by atoms with Crippen molar-refractivity contribution in [3.8, 4) is 0 Å². The van der Waals surface area contributed by atoms with Crippen molar-refractivity contribution in [2.45, 2.75) is 18.7 Å². The van der Waals surface area contributed by atoms with E-state index in [9.17, 15) is 10.1 Å². The van der Waals surface area contributed by atoms with Gasteiger partial charge in [-0.2, -0.15) is 0 Å². The number of nitrogens with zero attached hydrogens (tertiary/aromatic N) is 1. The monoisotopic (exact) mass is 223 g/mol. The van der Waals surface area contributed by atoms with Gasteiger partial charge in [0.2, 0.25) is 0 Å². The average molecular weight is 223 g/mol. The van der Waals surface area contributed by atoms with E-state index in [-0.39, 0.29) is 10.6 Å². The molecule has 15 heavy (non-hydrogen) atoms. The standard InChI is InChI=1S/C11H13NO2S/c1-9(2)7-8-15-11-6-4-3-5-10(11)12(13)14/h3-7H,8H2,1-2H3. The Bertz CT molecular complexity index is 384. The van der Waals surface area contributed by atoms with Crippen molar-refractivity contribution in [2.75, 3.05) is 5.75 Å². The Morgan fingerprint density at radius 1 is 1.47 bits per heavy atom. The molecule has 1 aromatic rings. The predicted octanol–water partition coefficient (Wildman–Crippen LogP) is 3.65. The summed E-state index contributed by atoms with van der Waals surface area (Å²) in [5, 5.41) is 10.7. The number of hydrogen-bond acceptors (Lipinski definition) is 3. The Labute approximate surface area is 93.3 Å². The SMILES string of the molecule is CC(C)=CCSc1ccccc1[N+](=O)[O-]. The van der Waals surface area contributed by atoms with Crippen molar-refractivity contribution in [3.05, 3.63) is 46.0 Å². The summed E-state index contributed by atoms with van der Waals surface area (Å²) in [6.45, 7) is 4.03. The second-order valence-corrected chi connectivity index (χ2v) is 4.38. The Kier molecular flexibility index (Phi) is 4.37. The van der Waals surface area contributed by atoms with Gasteiger partial charge in [-0.05, 0) is 19.9 Å². The van der Waals surface area contributed by atoms with E-state index < -0.39 is 0 Å². The van der Waals surface area contributed by atoms with Crippen LogP contribution in [0.5, 0.6) is 0 Å². The second-order valence-electron chi connectivity index (χ2n) is 3.32. The quantitative estimate of drug-likeness (QED) is 0.338. The van der Waals surface area contributed by atoms with Crippen LogP contribution in [0, 0.1) is 10.1 Å². The molecular formula is C11H13NO2S. The molecule has 0 N–H and O–H groups in total. The molecule has 0 aliphatic carbocycles. The Morgan fingerprint density at radius 2 is 2.13 bits per heavy atom. The van der Waals surface area contributed by atoms with E-state index in [2.05, 4.69) is 6.08 Å². The lowest BCUT2D eigenvalue weighted by Crippen LogP contribution is -1.90. The number of thioether (sulfide) groups is 1. The zero-order valence-electron chi connectivity index (χ0n) is 8.77. The third kappa shape index (κ3) is 3.75. The first-order valence-corrected chi connectivity index (χ1v) is 5.59. The van der Waals surface area contributed by atoms with Crippen LogP contribution < -0.4 is 0 Å². The lowest BCUT2D eigenvalue weighted by Gasteiger charge is -2.00. The topological polar surface area (TPSA) is 43.1 Å². The molecule has 0 unspecified atom stereocenters. The Morgan fingerprint density at radius 3 is 2.73 bits per heavy atom. The zero-order chi connectivity index (χ0) is 11.3. The zero-order valence-corrected chi connectivity index (χ0v) is 9.58. The summed E-state index contributed by atoms with van der Waals surface area (Å²) in [5.41, 5.74) is 1.41. The molecule has 0 bridgehead atoms. The molecule has 4 heteroatoms. The average Bonchev–Trinajstić information content (AvgIpc) is 2.17. The van der Waals surface area contributed by atoms with Crippen molar-refractivity contribution in [3.63, 3.8) is 0 Å². The second kappa shape index (κ2) is 5.56. The summed E-state index contributed by atoms with van der Waals surface area (Å²) in [4.78, 5) is 11.1. The van der Waals surface area contributed by atoms with Crippen LogP contribution in [0.4, 0.5) is 5.69 Å². The minimum absolute atomic E-state index is 0.185. The molecule has 0 fully saturated rings. The van der Waals surface area contributed by atoms with E-state index in [0.717, 1.165) is 10.6 Å². The first-order valence-electron chi connectivity index (χ1n) is 4.61. The maximum Gasteiger partial charge on any atom is 0.282 e. The van der Waals surface area contributed by atoms with Crippen LogP contribution in [-0.4, -0.2) is 10.7 Å². The lowest BCUT2D eigenvalue weighted by molar-refractivity contribution is -0.387. The highest BCUT2D eigenvalue weighted by molar-refractivity contribution is 7.99. The smallest absolute Gasteiger partial charge is 0.258 e. The van der Waals surface area contributed by atoms with Gasteiger partial charge in [-0.1, -0.05) is 23.8 Å². The van der Waals surface area contributed by atoms with Gasteiger partial charge in [0.15, 0.2) is 0 Å². The first kappa shape index (κ1) is 11.8. The van der Waals surface area contributed by atoms with Gasteiger partial charge in [0.1, 0.15) is 0 Å². The van der Waals surface area contributed by atoms with Gasteiger partial charge in [-0.25, -0.2) is 0 Å². The van der Waals surface area contributed by atoms with Crippen molar-refractivity contribution in [1.82, 2.24) is 0 Å². The van der Waals surface area contributed by atoms with Crippen LogP contribution in [0.15, 0.2) is 40.8 Å². The van der Waals surface area contributed by atoms with Crippen LogP contribution in [-0.2, 0) is 0 Å². The predicted molar refractivity (Wildman–Crippen MR) is 63.3 cm³/mol. The van der Waals surface area contributed by atoms with Crippen LogP contribution in [0.1, 0.15) is 13.8 Å². The summed E-state index contributed by atoms with van der Waals surface area (Å²) >= 11 is 1.49. The largest absolute Gasteiger partial charge is 0.282 e. The molecule has 0 saturated carbocycles. The third-order valence-corrected chi connectivity index (χ3v) is 2.78. The molecule has 0 aromatic heterocycles. The van der Waals surface area contributed by atoms with Crippen molar-refractivity contribution in [2.24, 2.45) is 0 Å². The highest BCUT2D eigenvalue weighted by Crippen LogP contribution is 2.28. The fourth-order valence-corrected chi connectivity index (χ4v) is 2.09. The summed E-state index contributed by atoms with van der Waals surface area (Å²) in [6.07, 6.45) is 2.06. The molecule has 0 spiro atoms. The fourth-order valence-electron chi connectivity index (χ4n) is 1.03. The van der Waals surface area contributed by atoms with E-state index in [1.165, 1.54) is 23.4 Å². The highest BCUT2D eigenvalue weighted by Gasteiger charge is 2.11. The summed E-state index contributed by atoms with van der Waals surface area (Å²) in [7, 11) is 0. The van der Waals surface area contributed by atoms with Crippen molar-refractivity contribution in [1.29, 1.82) is 0 Å². The number of nitro groups is 1. The molecule has 0 amide bonds. The molecule has 1 rings (SSSR count). The van der Waals surface area contributed by atoms with E-state index in [4.69, 9.17) is 0 Å². The van der Waals surface area contributed by atoms with Crippen LogP contribution in [0.25, 0.3) is 0 Å². The molecule has 0 aliphatic heterocycles. The number of hydrogen-bond donors (Lipinski definition) is 0. The van der Waals surface area contributed by atoms with Gasteiger partial charge in [-0.15, -0.1) is 11.8 Å². The maximum absolute atomic E-state index is 10.7. The first-order chi connectivity index (χ1) is 7.11. The Hall–Kier alpha value is -1.29. The summed E-state index contributed by atoms with van der Waals surface area (Å²) in [6, 6.07) is 6.81. The van der Waals surface area contributed by atoms with Gasteiger partial charge < -0.3 is 0 Å². The van der Waals surface area contributed by atoms with Gasteiger partial charge in [0.05, 0.1) is 9.82 Å². The molecule has 3 nitrogen and oxygen atoms in total. The normalized spacial score (nSPS) is 9.73. The van der Waals surface area contributed by atoms with E-state index >= 15 is 0 Å². The van der Waals surface area contributed by atoms with Crippen molar-refractivity contribution >= 4 is 17.4 Å². The number of para-hydroxylation sites is 1. The van der Waals surface area contributed by atoms with Gasteiger partial charge in [0.25, 0.3) is 5.69 Å². The molecule has 0 heterocycles. The van der Waals surface area contributed by atoms with Crippen LogP contribution in [0.2, 0.25) is 0 Å². The summed E-state index contributed by atoms with van der Waals surface area (Å²) < 4.78 is 0. The summed E-state index contributed by atoms with van der Waals surface area (Å²) in [5.74, 6) is 0.771. The van der Waals surface area contributed by atoms with Gasteiger partial charge >= 0.3 is 0 Å². The molecule has 0 aliphatic rings. The van der Waals surface area contributed by atoms with Crippen LogP contribution >= 0.6 is 11.8 Å². The third-order valence-electron chi connectivity index (χ3n) is 1.79. The highest BCUT2D eigenvalue weighted by atomic mass is 32.2. The lowest BCUT2D eigenvalue weighted by atomic mass is 10.3. The van der Waals surface area contributed by atoms with Gasteiger partial charge in [0, 0.05) is 11.8 Å². The maximum atomic E-state index is 10.7. The number of benzene rings is 1. The molecular weight excluding hydrogens is 210 g/mol. The fraction of sp³-hybridized carbons (Fsp3) is 0.273. The van der Waals surface area contributed by atoms with E-state index in [0.29, 0.717) is 0 Å². The molecule has 0 atom stereocenters. The van der Waals surface area contributed by atoms with Crippen molar-refractivity contribution < 1.29 is 4.92 Å². The van der Waals surface area contributed by atoms with E-state index in [1.54, 1.807) is 12.1 Å². The number of rotatable bonds is 4. The van der Waals surface area contributed by atoms with E-state index in [1.807, 2.05) is 19.9 Å². The molecule has 1 aromatic carbocycles.